The number of aliphatic hydroxyl groups is 1. The first-order chi connectivity index (χ1) is 7.75. The van der Waals surface area contributed by atoms with E-state index in [-0.39, 0.29) is 24.8 Å². The van der Waals surface area contributed by atoms with E-state index in [0.717, 1.165) is 6.04 Å². The molecule has 0 amide bonds. The second-order valence-electron chi connectivity index (χ2n) is 4.93. The molecular weight excluding hydrogens is 362 g/mol. The Morgan fingerprint density at radius 2 is 1.61 bits per heavy atom. The monoisotopic (exact) mass is 376 g/mol. The van der Waals surface area contributed by atoms with Crippen molar-refractivity contribution in [3.8, 4) is 0 Å². The van der Waals surface area contributed by atoms with Crippen LogP contribution in [0.4, 0.5) is 0 Å². The zero-order valence-electron chi connectivity index (χ0n) is 10.3. The number of rotatable bonds is 2. The molecule has 18 heavy (non-hydrogen) atoms. The van der Waals surface area contributed by atoms with Gasteiger partial charge in [0.05, 0.1) is 0 Å². The average molecular weight is 378 g/mol. The smallest absolute Gasteiger partial charge is 1.00 e. The summed E-state index contributed by atoms with van der Waals surface area (Å²) in [4.78, 5) is 0. The summed E-state index contributed by atoms with van der Waals surface area (Å²) in [5.74, 6) is 0. The van der Waals surface area contributed by atoms with E-state index in [4.69, 9.17) is 0 Å². The van der Waals surface area contributed by atoms with Crippen LogP contribution in [0.1, 0.15) is 12.8 Å². The molecular formula is C13H16Cl2OSiZr. The molecule has 5 heteroatoms. The summed E-state index contributed by atoms with van der Waals surface area (Å²) >= 11 is -0.429. The van der Waals surface area contributed by atoms with Crippen molar-refractivity contribution < 1.29 is 53.2 Å². The molecule has 0 fully saturated rings. The van der Waals surface area contributed by atoms with E-state index in [9.17, 15) is 5.11 Å². The molecule has 0 saturated heterocycles. The van der Waals surface area contributed by atoms with Gasteiger partial charge in [0.25, 0.3) is 0 Å². The van der Waals surface area contributed by atoms with Crippen LogP contribution in [0.3, 0.4) is 0 Å². The molecule has 0 aromatic heterocycles. The van der Waals surface area contributed by atoms with Crippen molar-refractivity contribution in [1.82, 2.24) is 0 Å². The molecule has 3 aliphatic rings. The molecule has 1 heterocycles. The third-order valence-corrected chi connectivity index (χ3v) is 13.5. The molecule has 0 atom stereocenters. The van der Waals surface area contributed by atoms with Gasteiger partial charge in [0.2, 0.25) is 0 Å². The standard InChI is InChI=1S/C13H16OSi.2ClH.Zr/c1-15(11-10-14,12-6-2-3-7-12)13-8-4-5-9-13;;;/h2,4,6,8,14H,3,5,10-11H2,1H3;2*1H;/q;;;+2/p-2. The van der Waals surface area contributed by atoms with Gasteiger partial charge in [-0.15, -0.1) is 0 Å². The summed E-state index contributed by atoms with van der Waals surface area (Å²) in [5, 5.41) is 12.8. The van der Waals surface area contributed by atoms with Gasteiger partial charge in [-0.05, 0) is 0 Å². The minimum atomic E-state index is -1.52. The summed E-state index contributed by atoms with van der Waals surface area (Å²) in [6.45, 7) is 2.81. The number of halogens is 2. The van der Waals surface area contributed by atoms with Gasteiger partial charge in [-0.3, -0.25) is 0 Å². The summed E-state index contributed by atoms with van der Waals surface area (Å²) in [6.07, 6.45) is 11.9. The van der Waals surface area contributed by atoms with Crippen molar-refractivity contribution in [2.24, 2.45) is 0 Å². The Kier molecular flexibility index (Phi) is 5.89. The van der Waals surface area contributed by atoms with Crippen molar-refractivity contribution in [2.45, 2.75) is 25.4 Å². The summed E-state index contributed by atoms with van der Waals surface area (Å²) in [5.41, 5.74) is 0. The fraction of sp³-hybridized carbons (Fsp3) is 0.385. The van der Waals surface area contributed by atoms with Crippen molar-refractivity contribution in [3.05, 3.63) is 41.3 Å². The van der Waals surface area contributed by atoms with Gasteiger partial charge in [-0.1, -0.05) is 0 Å². The van der Waals surface area contributed by atoms with Crippen LogP contribution in [0.25, 0.3) is 0 Å². The quantitative estimate of drug-likeness (QED) is 0.499. The average Bonchev–Trinajstić information content (AvgIpc) is 2.86. The number of aliphatic hydroxyl groups excluding tert-OH is 1. The Morgan fingerprint density at radius 1 is 1.11 bits per heavy atom. The Balaban J connectivity index is 0.000000810. The fourth-order valence-electron chi connectivity index (χ4n) is 3.10. The first-order valence-electron chi connectivity index (χ1n) is 5.94. The predicted octanol–water partition coefficient (Wildman–Crippen LogP) is -3.33. The number of hydrogen-bond donors (Lipinski definition) is 1. The van der Waals surface area contributed by atoms with E-state index >= 15 is 0 Å². The van der Waals surface area contributed by atoms with Crippen LogP contribution in [0.5, 0.6) is 0 Å². The van der Waals surface area contributed by atoms with E-state index in [1.807, 2.05) is 6.56 Å². The van der Waals surface area contributed by atoms with Crippen LogP contribution in [0, 0.1) is 0 Å². The third kappa shape index (κ3) is 2.45. The van der Waals surface area contributed by atoms with Crippen molar-refractivity contribution in [2.75, 3.05) is 6.61 Å². The Bertz CT molecular complexity index is 430. The number of allylic oxidation sites excluding steroid dienone is 8. The molecule has 1 nitrogen and oxygen atoms in total. The molecule has 0 saturated carbocycles. The topological polar surface area (TPSA) is 20.2 Å². The molecule has 96 valence electrons. The van der Waals surface area contributed by atoms with Crippen LogP contribution in [0.2, 0.25) is 12.6 Å². The molecule has 2 aliphatic carbocycles. The SMILES string of the molecule is C[Si]1(CCO)C2=[C](CC=C2)[Zr+2][C]2=C1C=CC2.[Cl-].[Cl-]. The summed E-state index contributed by atoms with van der Waals surface area (Å²) < 4.78 is 3.63. The normalized spacial score (nSPS) is 21.7. The first-order valence-corrected chi connectivity index (χ1v) is 11.1. The zero-order valence-corrected chi connectivity index (χ0v) is 15.3. The largest absolute Gasteiger partial charge is 1.00 e. The molecule has 0 spiro atoms. The van der Waals surface area contributed by atoms with Crippen molar-refractivity contribution >= 4 is 8.07 Å². The molecule has 0 aromatic rings. The minimum Gasteiger partial charge on any atom is -1.00 e. The van der Waals surface area contributed by atoms with E-state index in [2.05, 4.69) is 30.9 Å². The Hall–Kier alpha value is 0.600. The van der Waals surface area contributed by atoms with Crippen LogP contribution < -0.4 is 24.8 Å². The second-order valence-corrected chi connectivity index (χ2v) is 12.8. The van der Waals surface area contributed by atoms with Crippen LogP contribution in [-0.4, -0.2) is 19.8 Å². The van der Waals surface area contributed by atoms with Crippen LogP contribution >= 0.6 is 0 Å². The molecule has 1 aliphatic heterocycles. The molecule has 1 N–H and O–H groups in total. The maximum Gasteiger partial charge on any atom is -1.00 e. The Labute approximate surface area is 134 Å². The molecule has 3 rings (SSSR count). The van der Waals surface area contributed by atoms with Crippen LogP contribution in [0.15, 0.2) is 41.3 Å². The van der Waals surface area contributed by atoms with Crippen molar-refractivity contribution in [3.63, 3.8) is 0 Å². The van der Waals surface area contributed by atoms with Gasteiger partial charge in [-0.25, -0.2) is 0 Å². The van der Waals surface area contributed by atoms with Gasteiger partial charge in [0.1, 0.15) is 0 Å². The Morgan fingerprint density at radius 3 is 2.06 bits per heavy atom. The second kappa shape index (κ2) is 6.37. The maximum atomic E-state index is 9.38. The van der Waals surface area contributed by atoms with Gasteiger partial charge in [0, 0.05) is 0 Å². The van der Waals surface area contributed by atoms with E-state index < -0.39 is 31.3 Å². The molecule has 0 unspecified atom stereocenters. The fourth-order valence-corrected chi connectivity index (χ4v) is 14.7. The zero-order chi connectivity index (χ0) is 11.2. The van der Waals surface area contributed by atoms with Gasteiger partial charge < -0.3 is 24.8 Å². The van der Waals surface area contributed by atoms with Crippen LogP contribution in [-0.2, 0) is 23.2 Å². The van der Waals surface area contributed by atoms with Gasteiger partial charge in [0.15, 0.2) is 0 Å². The van der Waals surface area contributed by atoms with E-state index in [1.165, 1.54) is 12.8 Å². The molecule has 0 bridgehead atoms. The molecule has 0 aromatic carbocycles. The van der Waals surface area contributed by atoms with E-state index in [1.54, 1.807) is 10.4 Å². The number of hydrogen-bond acceptors (Lipinski definition) is 1. The van der Waals surface area contributed by atoms with Crippen molar-refractivity contribution in [1.29, 1.82) is 0 Å². The van der Waals surface area contributed by atoms with Gasteiger partial charge >= 0.3 is 110 Å². The molecule has 0 radical (unpaired) electrons. The maximum absolute atomic E-state index is 9.38. The third-order valence-electron chi connectivity index (χ3n) is 3.97. The minimum absolute atomic E-state index is 0. The first kappa shape index (κ1) is 16.7. The van der Waals surface area contributed by atoms with E-state index in [0.29, 0.717) is 6.61 Å². The predicted molar refractivity (Wildman–Crippen MR) is 65.1 cm³/mol. The summed E-state index contributed by atoms with van der Waals surface area (Å²) in [7, 11) is -1.52. The summed E-state index contributed by atoms with van der Waals surface area (Å²) in [6, 6.07) is 1.01. The van der Waals surface area contributed by atoms with Gasteiger partial charge in [-0.2, -0.15) is 0 Å².